The molecule has 0 aliphatic rings. The van der Waals surface area contributed by atoms with Crippen LogP contribution in [-0.4, -0.2) is 12.1 Å². The second-order valence-electron chi connectivity index (χ2n) is 5.83. The lowest BCUT2D eigenvalue weighted by Crippen LogP contribution is -2.23. The van der Waals surface area contributed by atoms with Gasteiger partial charge in [0.15, 0.2) is 0 Å². The van der Waals surface area contributed by atoms with Crippen molar-refractivity contribution in [3.05, 3.63) is 66.3 Å². The Bertz CT molecular complexity index is 535. The molecule has 1 rings (SSSR count). The molecule has 0 N–H and O–H groups in total. The van der Waals surface area contributed by atoms with E-state index in [1.807, 2.05) is 6.08 Å². The van der Waals surface area contributed by atoms with Gasteiger partial charge < -0.3 is 4.74 Å². The number of rotatable bonds is 8. The van der Waals surface area contributed by atoms with Crippen LogP contribution in [0.15, 0.2) is 55.1 Å². The Morgan fingerprint density at radius 3 is 2.36 bits per heavy atom. The van der Waals surface area contributed by atoms with E-state index in [2.05, 4.69) is 63.4 Å². The summed E-state index contributed by atoms with van der Waals surface area (Å²) in [7, 11) is 0. The first-order chi connectivity index (χ1) is 10.4. The monoisotopic (exact) mass is 298 g/mol. The second-order valence-corrected chi connectivity index (χ2v) is 5.83. The Balaban J connectivity index is 2.51. The molecule has 0 fully saturated rings. The van der Waals surface area contributed by atoms with Gasteiger partial charge in [-0.3, -0.25) is 0 Å². The molecule has 1 unspecified atom stereocenters. The van der Waals surface area contributed by atoms with Gasteiger partial charge in [-0.25, -0.2) is 4.79 Å². The van der Waals surface area contributed by atoms with E-state index in [0.29, 0.717) is 5.57 Å². The van der Waals surface area contributed by atoms with Crippen molar-refractivity contribution in [2.75, 3.05) is 0 Å². The normalized spacial score (nSPS) is 12.4. The van der Waals surface area contributed by atoms with Crippen molar-refractivity contribution in [2.45, 2.75) is 39.7 Å². The summed E-state index contributed by atoms with van der Waals surface area (Å²) < 4.78 is 5.46. The minimum absolute atomic E-state index is 0.108. The minimum Gasteiger partial charge on any atom is -0.458 e. The van der Waals surface area contributed by atoms with Crippen LogP contribution in [0.3, 0.4) is 0 Å². The zero-order valence-corrected chi connectivity index (χ0v) is 13.8. The molecule has 1 aromatic carbocycles. The summed E-state index contributed by atoms with van der Waals surface area (Å²) in [6, 6.07) is 8.31. The van der Waals surface area contributed by atoms with Crippen molar-refractivity contribution in [3.8, 4) is 0 Å². The summed E-state index contributed by atoms with van der Waals surface area (Å²) in [4.78, 5) is 11.6. The van der Waals surface area contributed by atoms with E-state index in [1.54, 1.807) is 6.92 Å². The molecular formula is C20H26O2. The number of benzene rings is 1. The molecule has 0 aliphatic carbocycles. The number of allylic oxidation sites excluding steroid dienone is 1. The smallest absolute Gasteiger partial charge is 0.333 e. The standard InChI is InChI=1S/C20H26O2/c1-6-17-11-13-18(14-12-17)9-7-8-10-19(15(2)3)22-20(21)16(4)5/h6-8,11-15,19H,1,4,9-10H2,2-3,5H3. The average Bonchev–Trinajstić information content (AvgIpc) is 2.50. The van der Waals surface area contributed by atoms with E-state index in [4.69, 9.17) is 4.74 Å². The average molecular weight is 298 g/mol. The van der Waals surface area contributed by atoms with Crippen LogP contribution in [0.4, 0.5) is 0 Å². The Hall–Kier alpha value is -2.09. The molecule has 22 heavy (non-hydrogen) atoms. The van der Waals surface area contributed by atoms with E-state index in [9.17, 15) is 4.79 Å². The van der Waals surface area contributed by atoms with E-state index in [-0.39, 0.29) is 18.0 Å². The van der Waals surface area contributed by atoms with Gasteiger partial charge in [0.1, 0.15) is 6.10 Å². The van der Waals surface area contributed by atoms with Crippen LogP contribution in [0.25, 0.3) is 6.08 Å². The van der Waals surface area contributed by atoms with E-state index < -0.39 is 0 Å². The molecule has 0 aromatic heterocycles. The number of esters is 1. The van der Waals surface area contributed by atoms with Gasteiger partial charge in [0.05, 0.1) is 0 Å². The maximum Gasteiger partial charge on any atom is 0.333 e. The first kappa shape index (κ1) is 18.0. The Morgan fingerprint density at radius 1 is 1.23 bits per heavy atom. The quantitative estimate of drug-likeness (QED) is 0.385. The lowest BCUT2D eigenvalue weighted by Gasteiger charge is -2.20. The zero-order chi connectivity index (χ0) is 16.5. The van der Waals surface area contributed by atoms with E-state index in [0.717, 1.165) is 18.4 Å². The fourth-order valence-corrected chi connectivity index (χ4v) is 1.93. The number of hydrogen-bond donors (Lipinski definition) is 0. The second kappa shape index (κ2) is 9.04. The molecule has 2 nitrogen and oxygen atoms in total. The van der Waals surface area contributed by atoms with Crippen LogP contribution >= 0.6 is 0 Å². The van der Waals surface area contributed by atoms with Gasteiger partial charge in [-0.2, -0.15) is 0 Å². The molecule has 0 spiro atoms. The summed E-state index contributed by atoms with van der Waals surface area (Å²) in [5, 5.41) is 0. The van der Waals surface area contributed by atoms with Crippen molar-refractivity contribution in [2.24, 2.45) is 5.92 Å². The van der Waals surface area contributed by atoms with E-state index in [1.165, 1.54) is 5.56 Å². The fourth-order valence-electron chi connectivity index (χ4n) is 1.93. The lowest BCUT2D eigenvalue weighted by atomic mass is 10.0. The predicted molar refractivity (Wildman–Crippen MR) is 93.5 cm³/mol. The highest BCUT2D eigenvalue weighted by molar-refractivity contribution is 5.87. The highest BCUT2D eigenvalue weighted by atomic mass is 16.5. The molecule has 118 valence electrons. The summed E-state index contributed by atoms with van der Waals surface area (Å²) in [5.74, 6) is -0.0352. The molecule has 0 saturated carbocycles. The van der Waals surface area contributed by atoms with Gasteiger partial charge in [0.2, 0.25) is 0 Å². The van der Waals surface area contributed by atoms with Gasteiger partial charge in [-0.05, 0) is 30.4 Å². The molecule has 0 radical (unpaired) electrons. The maximum absolute atomic E-state index is 11.6. The third-order valence-corrected chi connectivity index (χ3v) is 3.45. The molecule has 0 aliphatic heterocycles. The number of carbonyl (C=O) groups is 1. The molecule has 2 heteroatoms. The van der Waals surface area contributed by atoms with Crippen molar-refractivity contribution in [1.29, 1.82) is 0 Å². The van der Waals surface area contributed by atoms with Gasteiger partial charge >= 0.3 is 5.97 Å². The van der Waals surface area contributed by atoms with Crippen LogP contribution < -0.4 is 0 Å². The molecule has 0 amide bonds. The summed E-state index contributed by atoms with van der Waals surface area (Å²) >= 11 is 0. The number of carbonyl (C=O) groups excluding carboxylic acids is 1. The van der Waals surface area contributed by atoms with Crippen LogP contribution in [0.2, 0.25) is 0 Å². The molecule has 0 heterocycles. The van der Waals surface area contributed by atoms with Gasteiger partial charge in [-0.1, -0.05) is 69.5 Å². The molecule has 1 aromatic rings. The van der Waals surface area contributed by atoms with Crippen molar-refractivity contribution >= 4 is 12.0 Å². The fraction of sp³-hybridized carbons (Fsp3) is 0.350. The summed E-state index contributed by atoms with van der Waals surface area (Å²) in [6.45, 7) is 13.1. The number of hydrogen-bond acceptors (Lipinski definition) is 2. The SMILES string of the molecule is C=Cc1ccc(CC=CCC(OC(=O)C(=C)C)C(C)C)cc1. The van der Waals surface area contributed by atoms with Crippen LogP contribution in [0, 0.1) is 5.92 Å². The largest absolute Gasteiger partial charge is 0.458 e. The maximum atomic E-state index is 11.6. The molecule has 1 atom stereocenters. The zero-order valence-electron chi connectivity index (χ0n) is 13.8. The first-order valence-electron chi connectivity index (χ1n) is 7.67. The van der Waals surface area contributed by atoms with Crippen LogP contribution in [0.1, 0.15) is 38.3 Å². The Kier molecular flexibility index (Phi) is 7.38. The van der Waals surface area contributed by atoms with Gasteiger partial charge in [0, 0.05) is 12.0 Å². The highest BCUT2D eigenvalue weighted by Gasteiger charge is 2.17. The summed E-state index contributed by atoms with van der Waals surface area (Å²) in [5.41, 5.74) is 2.82. The third kappa shape index (κ3) is 6.13. The molecule has 0 saturated heterocycles. The van der Waals surface area contributed by atoms with Gasteiger partial charge in [0.25, 0.3) is 0 Å². The topological polar surface area (TPSA) is 26.3 Å². The van der Waals surface area contributed by atoms with Gasteiger partial charge in [-0.15, -0.1) is 0 Å². The number of ether oxygens (including phenoxy) is 1. The first-order valence-corrected chi connectivity index (χ1v) is 7.67. The third-order valence-electron chi connectivity index (χ3n) is 3.45. The Morgan fingerprint density at radius 2 is 1.86 bits per heavy atom. The predicted octanol–water partition coefficient (Wildman–Crippen LogP) is 4.96. The minimum atomic E-state index is -0.313. The van der Waals surface area contributed by atoms with Crippen molar-refractivity contribution in [3.63, 3.8) is 0 Å². The van der Waals surface area contributed by atoms with Crippen molar-refractivity contribution < 1.29 is 9.53 Å². The molecule has 0 bridgehead atoms. The van der Waals surface area contributed by atoms with Crippen LogP contribution in [-0.2, 0) is 16.0 Å². The van der Waals surface area contributed by atoms with E-state index >= 15 is 0 Å². The summed E-state index contributed by atoms with van der Waals surface area (Å²) in [6.07, 6.45) is 7.52. The van der Waals surface area contributed by atoms with Crippen LogP contribution in [0.5, 0.6) is 0 Å². The van der Waals surface area contributed by atoms with Crippen molar-refractivity contribution in [1.82, 2.24) is 0 Å². The Labute approximate surface area is 134 Å². The molecular weight excluding hydrogens is 272 g/mol. The lowest BCUT2D eigenvalue weighted by molar-refractivity contribution is -0.146. The highest BCUT2D eigenvalue weighted by Crippen LogP contribution is 2.14.